The van der Waals surface area contributed by atoms with Gasteiger partial charge in [0.25, 0.3) is 5.91 Å². The molecular weight excluding hydrogens is 352 g/mol. The first-order valence-corrected chi connectivity index (χ1v) is 8.88. The number of carbonyl (C=O) groups is 3. The van der Waals surface area contributed by atoms with Crippen LogP contribution in [0.15, 0.2) is 30.3 Å². The third-order valence-electron chi connectivity index (χ3n) is 5.03. The third kappa shape index (κ3) is 4.57. The Morgan fingerprint density at radius 3 is 2.63 bits per heavy atom. The van der Waals surface area contributed by atoms with E-state index < -0.39 is 29.7 Å². The van der Waals surface area contributed by atoms with Gasteiger partial charge < -0.3 is 24.8 Å². The van der Waals surface area contributed by atoms with Gasteiger partial charge >= 0.3 is 12.1 Å². The van der Waals surface area contributed by atoms with Crippen LogP contribution in [0.4, 0.5) is 4.79 Å². The summed E-state index contributed by atoms with van der Waals surface area (Å²) in [5, 5.41) is 13.0. The van der Waals surface area contributed by atoms with E-state index in [9.17, 15) is 19.5 Å². The van der Waals surface area contributed by atoms with E-state index >= 15 is 0 Å². The van der Waals surface area contributed by atoms with Gasteiger partial charge in [0, 0.05) is 6.42 Å². The van der Waals surface area contributed by atoms with Crippen molar-refractivity contribution in [3.8, 4) is 0 Å². The highest BCUT2D eigenvalue weighted by Crippen LogP contribution is 2.35. The third-order valence-corrected chi connectivity index (χ3v) is 5.03. The van der Waals surface area contributed by atoms with Gasteiger partial charge in [0.1, 0.15) is 24.9 Å². The molecule has 3 atom stereocenters. The van der Waals surface area contributed by atoms with Crippen LogP contribution >= 0.6 is 0 Å². The number of aliphatic hydroxyl groups is 1. The van der Waals surface area contributed by atoms with Crippen molar-refractivity contribution in [1.82, 2.24) is 10.2 Å². The van der Waals surface area contributed by atoms with Gasteiger partial charge in [-0.15, -0.1) is 0 Å². The maximum Gasteiger partial charge on any atom is 0.408 e. The number of aliphatic hydroxyl groups excluding tert-OH is 1. The average Bonchev–Trinajstić information content (AvgIpc) is 2.91. The predicted octanol–water partition coefficient (Wildman–Crippen LogP) is 1.42. The topological polar surface area (TPSA) is 105 Å². The lowest BCUT2D eigenvalue weighted by Gasteiger charge is -2.33. The number of rotatable bonds is 7. The number of benzene rings is 1. The van der Waals surface area contributed by atoms with Crippen LogP contribution in [0.2, 0.25) is 0 Å². The highest BCUT2D eigenvalue weighted by Gasteiger charge is 2.55. The number of carbonyl (C=O) groups excluding carboxylic acids is 3. The number of nitrogens with zero attached hydrogens (tertiary/aromatic N) is 1. The van der Waals surface area contributed by atoms with E-state index in [1.165, 1.54) is 7.11 Å². The second-order valence-electron chi connectivity index (χ2n) is 6.66. The van der Waals surface area contributed by atoms with Crippen molar-refractivity contribution >= 4 is 18.0 Å². The number of ether oxygens (including phenoxy) is 2. The van der Waals surface area contributed by atoms with Gasteiger partial charge in [-0.2, -0.15) is 0 Å². The van der Waals surface area contributed by atoms with Crippen LogP contribution in [0.3, 0.4) is 0 Å². The van der Waals surface area contributed by atoms with Gasteiger partial charge in [0.05, 0.1) is 7.11 Å². The van der Waals surface area contributed by atoms with Gasteiger partial charge in [-0.3, -0.25) is 9.59 Å². The fourth-order valence-electron chi connectivity index (χ4n) is 3.19. The summed E-state index contributed by atoms with van der Waals surface area (Å²) < 4.78 is 9.81. The Balaban J connectivity index is 2.13. The monoisotopic (exact) mass is 378 g/mol. The van der Waals surface area contributed by atoms with Crippen molar-refractivity contribution in [3.63, 3.8) is 0 Å². The predicted molar refractivity (Wildman–Crippen MR) is 96.3 cm³/mol. The van der Waals surface area contributed by atoms with Crippen LogP contribution in [0.25, 0.3) is 0 Å². The van der Waals surface area contributed by atoms with Crippen molar-refractivity contribution < 1.29 is 29.0 Å². The summed E-state index contributed by atoms with van der Waals surface area (Å²) in [5.41, 5.74) is -0.522. The number of alkyl carbamates (subject to hydrolysis) is 1. The zero-order chi connectivity index (χ0) is 20.0. The first-order valence-electron chi connectivity index (χ1n) is 8.88. The summed E-state index contributed by atoms with van der Waals surface area (Å²) in [6.45, 7) is 3.37. The van der Waals surface area contributed by atoms with E-state index in [4.69, 9.17) is 4.74 Å². The Morgan fingerprint density at radius 2 is 2.04 bits per heavy atom. The molecule has 148 valence electrons. The van der Waals surface area contributed by atoms with E-state index in [1.807, 2.05) is 44.2 Å². The first kappa shape index (κ1) is 20.7. The molecule has 0 aliphatic carbocycles. The van der Waals surface area contributed by atoms with Gasteiger partial charge in [0.15, 0.2) is 0 Å². The van der Waals surface area contributed by atoms with E-state index in [0.717, 1.165) is 10.5 Å². The van der Waals surface area contributed by atoms with Gasteiger partial charge in [0.2, 0.25) is 0 Å². The summed E-state index contributed by atoms with van der Waals surface area (Å²) in [5.74, 6) is -1.44. The number of nitrogens with one attached hydrogen (secondary N) is 1. The molecule has 1 unspecified atom stereocenters. The fraction of sp³-hybridized carbons (Fsp3) is 0.526. The van der Waals surface area contributed by atoms with E-state index in [2.05, 4.69) is 10.1 Å². The van der Waals surface area contributed by atoms with Crippen molar-refractivity contribution in [3.05, 3.63) is 35.9 Å². The maximum absolute atomic E-state index is 13.0. The van der Waals surface area contributed by atoms with Crippen LogP contribution in [0, 0.1) is 5.92 Å². The molecule has 2 rings (SSSR count). The number of amides is 2. The Hall–Kier alpha value is -2.61. The molecular formula is C19H26N2O6. The molecule has 2 N–H and O–H groups in total. The molecule has 1 aliphatic rings. The molecule has 1 fully saturated rings. The van der Waals surface area contributed by atoms with Crippen LogP contribution in [0.5, 0.6) is 0 Å². The molecule has 0 aromatic heterocycles. The molecule has 0 spiro atoms. The first-order chi connectivity index (χ1) is 12.8. The molecule has 1 aliphatic heterocycles. The minimum Gasteiger partial charge on any atom is -0.468 e. The number of hydrogen-bond donors (Lipinski definition) is 2. The SMILES string of the molecule is CC[C@H](C)[C@@]1(NC(=O)OCc2ccccc2)CC(O)N(CC(=O)OC)C1=O. The van der Waals surface area contributed by atoms with Crippen molar-refractivity contribution in [2.45, 2.75) is 45.1 Å². The van der Waals surface area contributed by atoms with Crippen LogP contribution in [-0.2, 0) is 25.7 Å². The van der Waals surface area contributed by atoms with Crippen molar-refractivity contribution in [1.29, 1.82) is 0 Å². The van der Waals surface area contributed by atoms with Gasteiger partial charge in [-0.1, -0.05) is 50.6 Å². The van der Waals surface area contributed by atoms with E-state index in [-0.39, 0.29) is 25.5 Å². The van der Waals surface area contributed by atoms with Crippen molar-refractivity contribution in [2.24, 2.45) is 5.92 Å². The zero-order valence-corrected chi connectivity index (χ0v) is 15.8. The summed E-state index contributed by atoms with van der Waals surface area (Å²) >= 11 is 0. The largest absolute Gasteiger partial charge is 0.468 e. The van der Waals surface area contributed by atoms with E-state index in [0.29, 0.717) is 6.42 Å². The Bertz CT molecular complexity index is 680. The minimum absolute atomic E-state index is 0.0295. The van der Waals surface area contributed by atoms with Crippen LogP contribution in [0.1, 0.15) is 32.3 Å². The summed E-state index contributed by atoms with van der Waals surface area (Å²) in [6, 6.07) is 9.16. The summed E-state index contributed by atoms with van der Waals surface area (Å²) in [7, 11) is 1.20. The standard InChI is InChI=1S/C19H26N2O6/c1-4-13(2)19(10-15(22)21(17(19)24)11-16(23)26-3)20-18(25)27-12-14-8-6-5-7-9-14/h5-9,13,15,22H,4,10-12H2,1-3H3,(H,20,25)/t13-,15?,19-/m0/s1. The van der Waals surface area contributed by atoms with Crippen LogP contribution in [-0.4, -0.2) is 53.4 Å². The number of hydrogen-bond acceptors (Lipinski definition) is 6. The summed E-state index contributed by atoms with van der Waals surface area (Å²) in [4.78, 5) is 37.9. The highest BCUT2D eigenvalue weighted by molar-refractivity contribution is 5.94. The quantitative estimate of drug-likeness (QED) is 0.695. The van der Waals surface area contributed by atoms with Gasteiger partial charge in [-0.05, 0) is 11.5 Å². The Morgan fingerprint density at radius 1 is 1.37 bits per heavy atom. The molecule has 0 saturated carbocycles. The number of methoxy groups -OCH3 is 1. The number of likely N-dealkylation sites (tertiary alicyclic amines) is 1. The minimum atomic E-state index is -1.34. The molecule has 1 aromatic rings. The fourth-order valence-corrected chi connectivity index (χ4v) is 3.19. The van der Waals surface area contributed by atoms with Gasteiger partial charge in [-0.25, -0.2) is 4.79 Å². The van der Waals surface area contributed by atoms with E-state index in [1.54, 1.807) is 0 Å². The maximum atomic E-state index is 13.0. The Labute approximate surface area is 158 Å². The van der Waals surface area contributed by atoms with Crippen molar-refractivity contribution in [2.75, 3.05) is 13.7 Å². The second kappa shape index (κ2) is 8.85. The zero-order valence-electron chi connectivity index (χ0n) is 15.8. The second-order valence-corrected chi connectivity index (χ2v) is 6.66. The smallest absolute Gasteiger partial charge is 0.408 e. The average molecular weight is 378 g/mol. The molecule has 0 bridgehead atoms. The summed E-state index contributed by atoms with van der Waals surface area (Å²) in [6.07, 6.45) is -1.39. The molecule has 8 heteroatoms. The molecule has 2 amide bonds. The molecule has 0 radical (unpaired) electrons. The normalized spacial score (nSPS) is 23.0. The lowest BCUT2D eigenvalue weighted by atomic mass is 9.81. The lowest BCUT2D eigenvalue weighted by molar-refractivity contribution is -0.151. The highest BCUT2D eigenvalue weighted by atomic mass is 16.5. The molecule has 8 nitrogen and oxygen atoms in total. The lowest BCUT2D eigenvalue weighted by Crippen LogP contribution is -2.58. The number of esters is 1. The Kier molecular flexibility index (Phi) is 6.79. The molecule has 1 heterocycles. The molecule has 1 aromatic carbocycles. The van der Waals surface area contributed by atoms with Crippen LogP contribution < -0.4 is 5.32 Å². The molecule has 1 saturated heterocycles. The molecule has 27 heavy (non-hydrogen) atoms.